The highest BCUT2D eigenvalue weighted by molar-refractivity contribution is 6.30. The van der Waals surface area contributed by atoms with Crippen LogP contribution in [0.15, 0.2) is 24.3 Å². The SMILES string of the molecule is O=C(CN1CCC(N2CCNCC2)C1)Nc1ccc(Cl)cc1. The number of piperazine rings is 1. The van der Waals surface area contributed by atoms with Crippen LogP contribution in [0.5, 0.6) is 0 Å². The highest BCUT2D eigenvalue weighted by Crippen LogP contribution is 2.17. The van der Waals surface area contributed by atoms with Gasteiger partial charge in [0.2, 0.25) is 5.91 Å². The molecule has 0 spiro atoms. The van der Waals surface area contributed by atoms with E-state index in [1.165, 1.54) is 0 Å². The fourth-order valence-electron chi connectivity index (χ4n) is 3.24. The summed E-state index contributed by atoms with van der Waals surface area (Å²) in [5.74, 6) is 0.0447. The van der Waals surface area contributed by atoms with Crippen molar-refractivity contribution in [2.75, 3.05) is 51.1 Å². The smallest absolute Gasteiger partial charge is 0.238 e. The van der Waals surface area contributed by atoms with Crippen molar-refractivity contribution in [1.82, 2.24) is 15.1 Å². The lowest BCUT2D eigenvalue weighted by molar-refractivity contribution is -0.117. The summed E-state index contributed by atoms with van der Waals surface area (Å²) in [5, 5.41) is 6.99. The van der Waals surface area contributed by atoms with Crippen LogP contribution in [0.1, 0.15) is 6.42 Å². The molecule has 5 nitrogen and oxygen atoms in total. The molecule has 2 heterocycles. The normalized spacial score (nSPS) is 23.6. The van der Waals surface area contributed by atoms with Gasteiger partial charge < -0.3 is 10.6 Å². The predicted molar refractivity (Wildman–Crippen MR) is 89.4 cm³/mol. The number of hydrogen-bond donors (Lipinski definition) is 2. The molecule has 2 aliphatic rings. The van der Waals surface area contributed by atoms with E-state index in [1.807, 2.05) is 12.1 Å². The van der Waals surface area contributed by atoms with Gasteiger partial charge in [-0.1, -0.05) is 11.6 Å². The first-order valence-corrected chi connectivity index (χ1v) is 8.31. The van der Waals surface area contributed by atoms with E-state index in [1.54, 1.807) is 12.1 Å². The first-order chi connectivity index (χ1) is 10.7. The lowest BCUT2D eigenvalue weighted by Crippen LogP contribution is -2.49. The van der Waals surface area contributed by atoms with Gasteiger partial charge in [-0.3, -0.25) is 14.6 Å². The van der Waals surface area contributed by atoms with E-state index in [9.17, 15) is 4.79 Å². The summed E-state index contributed by atoms with van der Waals surface area (Å²) >= 11 is 5.85. The molecule has 2 aliphatic heterocycles. The Balaban J connectivity index is 1.45. The summed E-state index contributed by atoms with van der Waals surface area (Å²) in [6.07, 6.45) is 1.16. The summed E-state index contributed by atoms with van der Waals surface area (Å²) in [7, 11) is 0. The van der Waals surface area contributed by atoms with Crippen molar-refractivity contribution in [3.05, 3.63) is 29.3 Å². The predicted octanol–water partition coefficient (Wildman–Crippen LogP) is 1.26. The van der Waals surface area contributed by atoms with Crippen molar-refractivity contribution < 1.29 is 4.79 Å². The van der Waals surface area contributed by atoms with Crippen molar-refractivity contribution in [2.45, 2.75) is 12.5 Å². The molecule has 2 saturated heterocycles. The first kappa shape index (κ1) is 15.7. The third-order valence-electron chi connectivity index (χ3n) is 4.41. The van der Waals surface area contributed by atoms with E-state index >= 15 is 0 Å². The Kier molecular flexibility index (Phi) is 5.31. The van der Waals surface area contributed by atoms with Crippen LogP contribution in [0.2, 0.25) is 5.02 Å². The largest absolute Gasteiger partial charge is 0.325 e. The van der Waals surface area contributed by atoms with Gasteiger partial charge in [-0.15, -0.1) is 0 Å². The Morgan fingerprint density at radius 3 is 2.68 bits per heavy atom. The molecule has 2 N–H and O–H groups in total. The molecule has 0 aliphatic carbocycles. The average molecular weight is 323 g/mol. The van der Waals surface area contributed by atoms with E-state index in [4.69, 9.17) is 11.6 Å². The van der Waals surface area contributed by atoms with Crippen LogP contribution in [-0.4, -0.2) is 67.6 Å². The zero-order valence-corrected chi connectivity index (χ0v) is 13.5. The lowest BCUT2D eigenvalue weighted by Gasteiger charge is -2.32. The molecule has 1 aromatic carbocycles. The molecule has 6 heteroatoms. The maximum atomic E-state index is 12.1. The van der Waals surface area contributed by atoms with Gasteiger partial charge in [-0.05, 0) is 30.7 Å². The Labute approximate surface area is 136 Å². The summed E-state index contributed by atoms with van der Waals surface area (Å²) in [4.78, 5) is 16.9. The van der Waals surface area contributed by atoms with Gasteiger partial charge in [0.1, 0.15) is 0 Å². The fraction of sp³-hybridized carbons (Fsp3) is 0.562. The number of benzene rings is 1. The molecule has 0 saturated carbocycles. The molecule has 3 rings (SSSR count). The highest BCUT2D eigenvalue weighted by Gasteiger charge is 2.29. The average Bonchev–Trinajstić information content (AvgIpc) is 2.99. The van der Waals surface area contributed by atoms with Crippen LogP contribution in [0.3, 0.4) is 0 Å². The number of carbonyl (C=O) groups is 1. The second kappa shape index (κ2) is 7.42. The quantitative estimate of drug-likeness (QED) is 0.876. The van der Waals surface area contributed by atoms with Gasteiger partial charge in [0, 0.05) is 56.0 Å². The zero-order chi connectivity index (χ0) is 15.4. The van der Waals surface area contributed by atoms with Crippen LogP contribution in [0.25, 0.3) is 0 Å². The second-order valence-electron chi connectivity index (χ2n) is 6.02. The Morgan fingerprint density at radius 1 is 1.23 bits per heavy atom. The molecule has 120 valence electrons. The second-order valence-corrected chi connectivity index (χ2v) is 6.46. The van der Waals surface area contributed by atoms with Crippen molar-refractivity contribution in [3.63, 3.8) is 0 Å². The summed E-state index contributed by atoms with van der Waals surface area (Å²) in [5.41, 5.74) is 0.798. The minimum absolute atomic E-state index is 0.0447. The number of amides is 1. The fourth-order valence-corrected chi connectivity index (χ4v) is 3.36. The monoisotopic (exact) mass is 322 g/mol. The van der Waals surface area contributed by atoms with Crippen molar-refractivity contribution >= 4 is 23.2 Å². The van der Waals surface area contributed by atoms with E-state index in [0.29, 0.717) is 17.6 Å². The van der Waals surface area contributed by atoms with Gasteiger partial charge in [-0.25, -0.2) is 0 Å². The number of nitrogens with one attached hydrogen (secondary N) is 2. The van der Waals surface area contributed by atoms with Gasteiger partial charge in [-0.2, -0.15) is 0 Å². The number of likely N-dealkylation sites (tertiary alicyclic amines) is 1. The molecular formula is C16H23ClN4O. The van der Waals surface area contributed by atoms with Crippen molar-refractivity contribution in [1.29, 1.82) is 0 Å². The van der Waals surface area contributed by atoms with Crippen LogP contribution >= 0.6 is 11.6 Å². The molecule has 1 amide bonds. The van der Waals surface area contributed by atoms with E-state index in [0.717, 1.165) is 51.4 Å². The van der Waals surface area contributed by atoms with Gasteiger partial charge >= 0.3 is 0 Å². The molecule has 0 radical (unpaired) electrons. The molecule has 22 heavy (non-hydrogen) atoms. The maximum Gasteiger partial charge on any atom is 0.238 e. The standard InChI is InChI=1S/C16H23ClN4O/c17-13-1-3-14(4-2-13)19-16(22)12-20-8-5-15(11-20)21-9-6-18-7-10-21/h1-4,15,18H,5-12H2,(H,19,22). The van der Waals surface area contributed by atoms with Crippen LogP contribution < -0.4 is 10.6 Å². The van der Waals surface area contributed by atoms with Crippen LogP contribution in [-0.2, 0) is 4.79 Å². The number of rotatable bonds is 4. The number of hydrogen-bond acceptors (Lipinski definition) is 4. The zero-order valence-electron chi connectivity index (χ0n) is 12.7. The minimum atomic E-state index is 0.0447. The number of nitrogens with zero attached hydrogens (tertiary/aromatic N) is 2. The Morgan fingerprint density at radius 2 is 1.95 bits per heavy atom. The summed E-state index contributed by atoms with van der Waals surface area (Å²) in [6.45, 7) is 6.86. The van der Waals surface area contributed by atoms with Gasteiger partial charge in [0.25, 0.3) is 0 Å². The third kappa shape index (κ3) is 4.20. The first-order valence-electron chi connectivity index (χ1n) is 7.93. The Hall–Kier alpha value is -1.14. The van der Waals surface area contributed by atoms with Crippen molar-refractivity contribution in [3.8, 4) is 0 Å². The van der Waals surface area contributed by atoms with Gasteiger partial charge in [0.15, 0.2) is 0 Å². The summed E-state index contributed by atoms with van der Waals surface area (Å²) in [6, 6.07) is 7.83. The number of carbonyl (C=O) groups excluding carboxylic acids is 1. The van der Waals surface area contributed by atoms with Crippen LogP contribution in [0, 0.1) is 0 Å². The number of anilines is 1. The maximum absolute atomic E-state index is 12.1. The molecule has 1 unspecified atom stereocenters. The summed E-state index contributed by atoms with van der Waals surface area (Å²) < 4.78 is 0. The highest BCUT2D eigenvalue weighted by atomic mass is 35.5. The lowest BCUT2D eigenvalue weighted by atomic mass is 10.2. The van der Waals surface area contributed by atoms with E-state index in [2.05, 4.69) is 20.4 Å². The van der Waals surface area contributed by atoms with Gasteiger partial charge in [0.05, 0.1) is 6.54 Å². The molecule has 0 aromatic heterocycles. The van der Waals surface area contributed by atoms with E-state index < -0.39 is 0 Å². The topological polar surface area (TPSA) is 47.6 Å². The molecule has 1 aromatic rings. The van der Waals surface area contributed by atoms with E-state index in [-0.39, 0.29) is 5.91 Å². The Bertz CT molecular complexity index is 501. The van der Waals surface area contributed by atoms with Crippen molar-refractivity contribution in [2.24, 2.45) is 0 Å². The number of halogens is 1. The minimum Gasteiger partial charge on any atom is -0.325 e. The molecule has 2 fully saturated rings. The molecule has 0 bridgehead atoms. The van der Waals surface area contributed by atoms with Crippen LogP contribution in [0.4, 0.5) is 5.69 Å². The third-order valence-corrected chi connectivity index (χ3v) is 4.66. The molecular weight excluding hydrogens is 300 g/mol. The molecule has 1 atom stereocenters.